The predicted molar refractivity (Wildman–Crippen MR) is 63.6 cm³/mol. The molecule has 0 unspecified atom stereocenters. The van der Waals surface area contributed by atoms with Gasteiger partial charge in [-0.25, -0.2) is 4.79 Å². The van der Waals surface area contributed by atoms with Gasteiger partial charge in [-0.15, -0.1) is 0 Å². The lowest BCUT2D eigenvalue weighted by Gasteiger charge is -2.03. The third-order valence-electron chi connectivity index (χ3n) is 2.31. The first-order valence-electron chi connectivity index (χ1n) is 5.23. The third-order valence-corrected chi connectivity index (χ3v) is 2.31. The van der Waals surface area contributed by atoms with Gasteiger partial charge in [0.1, 0.15) is 0 Å². The monoisotopic (exact) mass is 263 g/mol. The molecule has 98 valence electrons. The Hall–Kier alpha value is -2.83. The highest BCUT2D eigenvalue weighted by atomic mass is 16.6. The zero-order valence-electron chi connectivity index (χ0n) is 9.82. The fourth-order valence-corrected chi connectivity index (χ4v) is 1.45. The number of carbonyl (C=O) groups is 1. The normalized spacial score (nSPS) is 10.2. The van der Waals surface area contributed by atoms with Crippen molar-refractivity contribution in [1.29, 1.82) is 0 Å². The van der Waals surface area contributed by atoms with E-state index < -0.39 is 10.9 Å². The number of rotatable bonds is 4. The SMILES string of the molecule is Cc1ccc([N+](=O)[O-])c(Oc2ccc(C(=O)O)o2)c1. The molecule has 1 heterocycles. The molecule has 2 rings (SSSR count). The standard InChI is InChI=1S/C12H9NO6/c1-7-2-3-8(13(16)17)10(6-7)19-11-5-4-9(18-11)12(14)15/h2-6H,1H3,(H,14,15). The van der Waals surface area contributed by atoms with Crippen LogP contribution in [0.4, 0.5) is 5.69 Å². The minimum Gasteiger partial charge on any atom is -0.475 e. The van der Waals surface area contributed by atoms with Crippen LogP contribution in [0, 0.1) is 17.0 Å². The number of carboxylic acids is 1. The summed E-state index contributed by atoms with van der Waals surface area (Å²) in [7, 11) is 0. The molecule has 0 atom stereocenters. The van der Waals surface area contributed by atoms with Crippen LogP contribution in [0.5, 0.6) is 11.7 Å². The van der Waals surface area contributed by atoms with E-state index in [0.29, 0.717) is 0 Å². The Morgan fingerprint density at radius 2 is 2.11 bits per heavy atom. The number of benzene rings is 1. The maximum Gasteiger partial charge on any atom is 0.371 e. The first-order valence-corrected chi connectivity index (χ1v) is 5.23. The van der Waals surface area contributed by atoms with Crippen molar-refractivity contribution in [3.05, 3.63) is 51.8 Å². The maximum atomic E-state index is 10.8. The molecule has 0 radical (unpaired) electrons. The van der Waals surface area contributed by atoms with Crippen molar-refractivity contribution in [3.63, 3.8) is 0 Å². The summed E-state index contributed by atoms with van der Waals surface area (Å²) in [6, 6.07) is 6.86. The largest absolute Gasteiger partial charge is 0.475 e. The van der Waals surface area contributed by atoms with Crippen LogP contribution in [-0.2, 0) is 0 Å². The molecule has 0 aliphatic carbocycles. The predicted octanol–water partition coefficient (Wildman–Crippen LogP) is 2.99. The number of nitro groups is 1. The molecule has 0 bridgehead atoms. The molecule has 0 fully saturated rings. The summed E-state index contributed by atoms with van der Waals surface area (Å²) in [6.07, 6.45) is 0. The van der Waals surface area contributed by atoms with Crippen molar-refractivity contribution in [2.24, 2.45) is 0 Å². The number of ether oxygens (including phenoxy) is 1. The summed E-state index contributed by atoms with van der Waals surface area (Å²) in [6.45, 7) is 1.75. The lowest BCUT2D eigenvalue weighted by atomic mass is 10.2. The molecule has 0 spiro atoms. The van der Waals surface area contributed by atoms with E-state index in [-0.39, 0.29) is 23.1 Å². The van der Waals surface area contributed by atoms with Crippen LogP contribution in [0.1, 0.15) is 16.1 Å². The summed E-state index contributed by atoms with van der Waals surface area (Å²) < 4.78 is 10.1. The van der Waals surface area contributed by atoms with Gasteiger partial charge in [-0.05, 0) is 24.6 Å². The van der Waals surface area contributed by atoms with Crippen LogP contribution in [-0.4, -0.2) is 16.0 Å². The second-order valence-electron chi connectivity index (χ2n) is 3.75. The number of nitro benzene ring substituents is 1. The minimum atomic E-state index is -1.24. The van der Waals surface area contributed by atoms with E-state index in [1.165, 1.54) is 24.3 Å². The smallest absolute Gasteiger partial charge is 0.371 e. The molecule has 0 amide bonds. The molecule has 7 nitrogen and oxygen atoms in total. The topological polar surface area (TPSA) is 103 Å². The highest BCUT2D eigenvalue weighted by Crippen LogP contribution is 2.32. The first-order chi connectivity index (χ1) is 8.97. The van der Waals surface area contributed by atoms with Gasteiger partial charge in [-0.1, -0.05) is 6.07 Å². The van der Waals surface area contributed by atoms with Gasteiger partial charge in [0.2, 0.25) is 11.5 Å². The number of hydrogen-bond donors (Lipinski definition) is 1. The zero-order chi connectivity index (χ0) is 14.0. The van der Waals surface area contributed by atoms with Crippen molar-refractivity contribution in [2.45, 2.75) is 6.92 Å². The summed E-state index contributed by atoms with van der Waals surface area (Å²) in [5.41, 5.74) is 0.546. The van der Waals surface area contributed by atoms with E-state index in [9.17, 15) is 14.9 Å². The zero-order valence-corrected chi connectivity index (χ0v) is 9.82. The Balaban J connectivity index is 2.33. The van der Waals surface area contributed by atoms with E-state index in [4.69, 9.17) is 14.3 Å². The van der Waals surface area contributed by atoms with Crippen LogP contribution < -0.4 is 4.74 Å². The lowest BCUT2D eigenvalue weighted by Crippen LogP contribution is -1.94. The maximum absolute atomic E-state index is 10.8. The molecule has 1 aromatic carbocycles. The first kappa shape index (κ1) is 12.6. The average molecular weight is 263 g/mol. The van der Waals surface area contributed by atoms with Crippen LogP contribution in [0.25, 0.3) is 0 Å². The summed E-state index contributed by atoms with van der Waals surface area (Å²) >= 11 is 0. The summed E-state index contributed by atoms with van der Waals surface area (Å²) in [5, 5.41) is 19.5. The summed E-state index contributed by atoms with van der Waals surface area (Å²) in [4.78, 5) is 20.9. The Bertz CT molecular complexity index is 645. The molecule has 19 heavy (non-hydrogen) atoms. The molecule has 1 aromatic heterocycles. The van der Waals surface area contributed by atoms with Crippen LogP contribution in [0.15, 0.2) is 34.7 Å². The van der Waals surface area contributed by atoms with Gasteiger partial charge >= 0.3 is 11.7 Å². The van der Waals surface area contributed by atoms with Crippen LogP contribution in [0.3, 0.4) is 0 Å². The number of nitrogens with zero attached hydrogens (tertiary/aromatic N) is 1. The van der Waals surface area contributed by atoms with Gasteiger partial charge in [0, 0.05) is 12.1 Å². The second kappa shape index (κ2) is 4.81. The van der Waals surface area contributed by atoms with Gasteiger partial charge in [-0.2, -0.15) is 0 Å². The van der Waals surface area contributed by atoms with Crippen molar-refractivity contribution < 1.29 is 24.0 Å². The molecule has 0 saturated heterocycles. The highest BCUT2D eigenvalue weighted by Gasteiger charge is 2.18. The molecular formula is C12H9NO6. The second-order valence-corrected chi connectivity index (χ2v) is 3.75. The average Bonchev–Trinajstić information content (AvgIpc) is 2.77. The Morgan fingerprint density at radius 1 is 1.37 bits per heavy atom. The van der Waals surface area contributed by atoms with Crippen molar-refractivity contribution in [1.82, 2.24) is 0 Å². The van der Waals surface area contributed by atoms with E-state index in [2.05, 4.69) is 0 Å². The van der Waals surface area contributed by atoms with E-state index in [0.717, 1.165) is 5.56 Å². The van der Waals surface area contributed by atoms with Gasteiger partial charge in [-0.3, -0.25) is 10.1 Å². The van der Waals surface area contributed by atoms with Gasteiger partial charge in [0.15, 0.2) is 0 Å². The molecule has 0 aliphatic rings. The number of aryl methyl sites for hydroxylation is 1. The van der Waals surface area contributed by atoms with E-state index in [1.807, 2.05) is 0 Å². The Morgan fingerprint density at radius 3 is 2.68 bits per heavy atom. The van der Waals surface area contributed by atoms with E-state index >= 15 is 0 Å². The number of aromatic carboxylic acids is 1. The van der Waals surface area contributed by atoms with Gasteiger partial charge < -0.3 is 14.3 Å². The highest BCUT2D eigenvalue weighted by molar-refractivity contribution is 5.84. The number of carboxylic acid groups (broad SMARTS) is 1. The lowest BCUT2D eigenvalue weighted by molar-refractivity contribution is -0.385. The third kappa shape index (κ3) is 2.71. The van der Waals surface area contributed by atoms with Crippen LogP contribution >= 0.6 is 0 Å². The fourth-order valence-electron chi connectivity index (χ4n) is 1.45. The van der Waals surface area contributed by atoms with Crippen molar-refractivity contribution in [2.75, 3.05) is 0 Å². The van der Waals surface area contributed by atoms with Crippen molar-refractivity contribution >= 4 is 11.7 Å². The molecule has 7 heteroatoms. The van der Waals surface area contributed by atoms with Crippen molar-refractivity contribution in [3.8, 4) is 11.7 Å². The summed E-state index contributed by atoms with van der Waals surface area (Å²) in [5.74, 6) is -1.67. The fraction of sp³-hybridized carbons (Fsp3) is 0.0833. The van der Waals surface area contributed by atoms with E-state index in [1.54, 1.807) is 13.0 Å². The molecule has 2 aromatic rings. The molecular weight excluding hydrogens is 254 g/mol. The molecule has 1 N–H and O–H groups in total. The Labute approximate surface area is 107 Å². The Kier molecular flexibility index (Phi) is 3.19. The number of hydrogen-bond acceptors (Lipinski definition) is 5. The quantitative estimate of drug-likeness (QED) is 0.671. The molecule has 0 saturated carbocycles. The van der Waals surface area contributed by atoms with Gasteiger partial charge in [0.25, 0.3) is 5.95 Å². The van der Waals surface area contributed by atoms with Gasteiger partial charge in [0.05, 0.1) is 4.92 Å². The van der Waals surface area contributed by atoms with Crippen LogP contribution in [0.2, 0.25) is 0 Å². The molecule has 0 aliphatic heterocycles. The number of furan rings is 1. The minimum absolute atomic E-state index is 0.00344.